The third-order valence-corrected chi connectivity index (χ3v) is 2.32. The first-order valence-electron chi connectivity index (χ1n) is 5.04. The van der Waals surface area contributed by atoms with Crippen LogP contribution in [0.15, 0.2) is 30.9 Å². The van der Waals surface area contributed by atoms with Gasteiger partial charge in [0.1, 0.15) is 10.8 Å². The molecule has 0 aromatic carbocycles. The van der Waals surface area contributed by atoms with Crippen molar-refractivity contribution in [1.82, 2.24) is 15.0 Å². The fraction of sp³-hybridized carbons (Fsp3) is 0. The SMILES string of the molecule is O=C(Nc1cnccc1C(=O)O)c1cncc(Cl)n1. The van der Waals surface area contributed by atoms with Gasteiger partial charge in [0.05, 0.1) is 29.8 Å². The Morgan fingerprint density at radius 2 is 2.00 bits per heavy atom. The highest BCUT2D eigenvalue weighted by molar-refractivity contribution is 6.29. The second kappa shape index (κ2) is 5.40. The van der Waals surface area contributed by atoms with E-state index in [1.165, 1.54) is 30.9 Å². The lowest BCUT2D eigenvalue weighted by Crippen LogP contribution is -2.16. The number of halogens is 1. The van der Waals surface area contributed by atoms with Crippen molar-refractivity contribution in [2.45, 2.75) is 0 Å². The van der Waals surface area contributed by atoms with Gasteiger partial charge in [-0.15, -0.1) is 0 Å². The van der Waals surface area contributed by atoms with E-state index in [4.69, 9.17) is 16.7 Å². The van der Waals surface area contributed by atoms with Crippen LogP contribution in [0, 0.1) is 0 Å². The van der Waals surface area contributed by atoms with E-state index >= 15 is 0 Å². The second-order valence-electron chi connectivity index (χ2n) is 3.41. The Bertz CT molecular complexity index is 647. The zero-order chi connectivity index (χ0) is 13.8. The van der Waals surface area contributed by atoms with Gasteiger partial charge < -0.3 is 10.4 Å². The lowest BCUT2D eigenvalue weighted by atomic mass is 10.2. The number of carbonyl (C=O) groups is 2. The Balaban J connectivity index is 2.27. The molecule has 8 heteroatoms. The average Bonchev–Trinajstić information content (AvgIpc) is 2.39. The number of nitrogens with zero attached hydrogens (tertiary/aromatic N) is 3. The number of hydrogen-bond donors (Lipinski definition) is 2. The molecule has 0 fully saturated rings. The van der Waals surface area contributed by atoms with Crippen molar-refractivity contribution in [3.8, 4) is 0 Å². The Morgan fingerprint density at radius 3 is 2.68 bits per heavy atom. The molecule has 2 heterocycles. The molecule has 0 aliphatic carbocycles. The molecule has 0 atom stereocenters. The van der Waals surface area contributed by atoms with Crippen LogP contribution < -0.4 is 5.32 Å². The van der Waals surface area contributed by atoms with Crippen LogP contribution in [0.5, 0.6) is 0 Å². The molecular formula is C11H7ClN4O3. The quantitative estimate of drug-likeness (QED) is 0.881. The Labute approximate surface area is 112 Å². The molecule has 0 saturated carbocycles. The first-order chi connectivity index (χ1) is 9.08. The maximum atomic E-state index is 11.8. The maximum absolute atomic E-state index is 11.8. The molecule has 2 N–H and O–H groups in total. The highest BCUT2D eigenvalue weighted by Crippen LogP contribution is 2.14. The van der Waals surface area contributed by atoms with E-state index in [-0.39, 0.29) is 22.1 Å². The molecule has 0 aliphatic rings. The summed E-state index contributed by atoms with van der Waals surface area (Å²) in [6.07, 6.45) is 5.06. The summed E-state index contributed by atoms with van der Waals surface area (Å²) in [7, 11) is 0. The number of aromatic nitrogens is 3. The molecule has 1 amide bonds. The van der Waals surface area contributed by atoms with Crippen LogP contribution in [0.4, 0.5) is 5.69 Å². The topological polar surface area (TPSA) is 105 Å². The fourth-order valence-electron chi connectivity index (χ4n) is 1.32. The Kier molecular flexibility index (Phi) is 3.67. The molecule has 0 aliphatic heterocycles. The molecule has 7 nitrogen and oxygen atoms in total. The van der Waals surface area contributed by atoms with Crippen LogP contribution >= 0.6 is 11.6 Å². The van der Waals surface area contributed by atoms with E-state index in [0.29, 0.717) is 0 Å². The van der Waals surface area contributed by atoms with Crippen LogP contribution in [0.3, 0.4) is 0 Å². The van der Waals surface area contributed by atoms with Gasteiger partial charge in [-0.25, -0.2) is 9.78 Å². The molecular weight excluding hydrogens is 272 g/mol. The Morgan fingerprint density at radius 1 is 1.21 bits per heavy atom. The molecule has 0 unspecified atom stereocenters. The van der Waals surface area contributed by atoms with Gasteiger partial charge in [0, 0.05) is 6.20 Å². The molecule has 2 rings (SSSR count). The third kappa shape index (κ3) is 3.02. The van der Waals surface area contributed by atoms with Crippen molar-refractivity contribution in [3.63, 3.8) is 0 Å². The van der Waals surface area contributed by atoms with Crippen molar-refractivity contribution in [2.24, 2.45) is 0 Å². The van der Waals surface area contributed by atoms with E-state index in [2.05, 4.69) is 20.3 Å². The predicted octanol–water partition coefficient (Wildman–Crippen LogP) is 1.48. The molecule has 2 aromatic heterocycles. The van der Waals surface area contributed by atoms with Gasteiger partial charge in [-0.3, -0.25) is 14.8 Å². The van der Waals surface area contributed by atoms with Crippen LogP contribution in [-0.2, 0) is 0 Å². The van der Waals surface area contributed by atoms with Crippen LogP contribution in [-0.4, -0.2) is 31.9 Å². The van der Waals surface area contributed by atoms with Crippen LogP contribution in [0.2, 0.25) is 5.15 Å². The average molecular weight is 279 g/mol. The zero-order valence-electron chi connectivity index (χ0n) is 9.37. The number of pyridine rings is 1. The van der Waals surface area contributed by atoms with E-state index in [1.807, 2.05) is 0 Å². The normalized spacial score (nSPS) is 9.95. The van der Waals surface area contributed by atoms with Gasteiger partial charge in [0.2, 0.25) is 0 Å². The van der Waals surface area contributed by atoms with Gasteiger partial charge in [-0.2, -0.15) is 0 Å². The van der Waals surface area contributed by atoms with Crippen molar-refractivity contribution in [1.29, 1.82) is 0 Å². The number of carbonyl (C=O) groups excluding carboxylic acids is 1. The highest BCUT2D eigenvalue weighted by atomic mass is 35.5. The lowest BCUT2D eigenvalue weighted by Gasteiger charge is -2.06. The highest BCUT2D eigenvalue weighted by Gasteiger charge is 2.14. The molecule has 96 valence electrons. The summed E-state index contributed by atoms with van der Waals surface area (Å²) in [6.45, 7) is 0. The molecule has 0 spiro atoms. The van der Waals surface area contributed by atoms with E-state index < -0.39 is 11.9 Å². The number of aromatic carboxylic acids is 1. The summed E-state index contributed by atoms with van der Waals surface area (Å²) in [5, 5.41) is 11.4. The van der Waals surface area contributed by atoms with Gasteiger partial charge in [-0.1, -0.05) is 11.6 Å². The number of anilines is 1. The van der Waals surface area contributed by atoms with E-state index in [0.717, 1.165) is 0 Å². The lowest BCUT2D eigenvalue weighted by molar-refractivity contribution is 0.0698. The van der Waals surface area contributed by atoms with Gasteiger partial charge >= 0.3 is 5.97 Å². The number of nitrogens with one attached hydrogen (secondary N) is 1. The van der Waals surface area contributed by atoms with Crippen molar-refractivity contribution < 1.29 is 14.7 Å². The monoisotopic (exact) mass is 278 g/mol. The first kappa shape index (κ1) is 12.9. The van der Waals surface area contributed by atoms with Crippen molar-refractivity contribution >= 4 is 29.2 Å². The molecule has 0 saturated heterocycles. The van der Waals surface area contributed by atoms with Crippen LogP contribution in [0.1, 0.15) is 20.8 Å². The summed E-state index contributed by atoms with van der Waals surface area (Å²) in [6, 6.07) is 1.28. The maximum Gasteiger partial charge on any atom is 0.337 e. The minimum absolute atomic E-state index is 0.0207. The number of amides is 1. The largest absolute Gasteiger partial charge is 0.478 e. The predicted molar refractivity (Wildman–Crippen MR) is 66.2 cm³/mol. The van der Waals surface area contributed by atoms with Crippen LogP contribution in [0.25, 0.3) is 0 Å². The summed E-state index contributed by atoms with van der Waals surface area (Å²) < 4.78 is 0. The molecule has 0 radical (unpaired) electrons. The summed E-state index contributed by atoms with van der Waals surface area (Å²) >= 11 is 5.61. The Hall–Kier alpha value is -2.54. The molecule has 0 bridgehead atoms. The summed E-state index contributed by atoms with van der Waals surface area (Å²) in [4.78, 5) is 34.0. The fourth-order valence-corrected chi connectivity index (χ4v) is 1.47. The van der Waals surface area contributed by atoms with Crippen molar-refractivity contribution in [3.05, 3.63) is 47.3 Å². The zero-order valence-corrected chi connectivity index (χ0v) is 10.1. The summed E-state index contributed by atoms with van der Waals surface area (Å²) in [5.74, 6) is -1.79. The second-order valence-corrected chi connectivity index (χ2v) is 3.79. The summed E-state index contributed by atoms with van der Waals surface area (Å²) in [5.41, 5.74) is -0.0206. The third-order valence-electron chi connectivity index (χ3n) is 2.14. The molecule has 2 aromatic rings. The minimum Gasteiger partial charge on any atom is -0.478 e. The standard InChI is InChI=1S/C11H7ClN4O3/c12-9-5-14-4-8(15-9)10(17)16-7-3-13-2-1-6(7)11(18)19/h1-5H,(H,16,17)(H,18,19). The first-order valence-corrected chi connectivity index (χ1v) is 5.42. The van der Waals surface area contributed by atoms with E-state index in [9.17, 15) is 9.59 Å². The van der Waals surface area contributed by atoms with Gasteiger partial charge in [0.25, 0.3) is 5.91 Å². The number of hydrogen-bond acceptors (Lipinski definition) is 5. The molecule has 19 heavy (non-hydrogen) atoms. The number of rotatable bonds is 3. The minimum atomic E-state index is -1.17. The number of carboxylic acids is 1. The van der Waals surface area contributed by atoms with Gasteiger partial charge in [0.15, 0.2) is 0 Å². The van der Waals surface area contributed by atoms with Crippen molar-refractivity contribution in [2.75, 3.05) is 5.32 Å². The number of carboxylic acid groups (broad SMARTS) is 1. The van der Waals surface area contributed by atoms with Gasteiger partial charge in [-0.05, 0) is 6.07 Å². The van der Waals surface area contributed by atoms with E-state index in [1.54, 1.807) is 0 Å². The smallest absolute Gasteiger partial charge is 0.337 e.